The Morgan fingerprint density at radius 1 is 1.07 bits per heavy atom. The largest absolute Gasteiger partial charge is 0.508 e. The number of carbonyl (C=O) groups is 2. The lowest BCUT2D eigenvalue weighted by molar-refractivity contribution is -0.147. The highest BCUT2D eigenvalue weighted by Crippen LogP contribution is 2.27. The van der Waals surface area contributed by atoms with Crippen molar-refractivity contribution in [1.82, 2.24) is 5.32 Å². The van der Waals surface area contributed by atoms with Gasteiger partial charge in [0.05, 0.1) is 26.9 Å². The lowest BCUT2D eigenvalue weighted by Crippen LogP contribution is -2.28. The van der Waals surface area contributed by atoms with E-state index in [2.05, 4.69) is 5.32 Å². The standard InChI is InChI=1S/C21H21NO7/c1-26-17-6-3-13(7-19(17)27-2)10-22-20(24)12-29-21(25)8-14-11-28-18-9-15(23)4-5-16(14)18/h3-7,9,11,23H,8,10,12H2,1-2H3,(H,22,24). The van der Waals surface area contributed by atoms with Gasteiger partial charge in [-0.15, -0.1) is 0 Å². The minimum Gasteiger partial charge on any atom is -0.508 e. The minimum atomic E-state index is -0.554. The first-order valence-electron chi connectivity index (χ1n) is 8.82. The van der Waals surface area contributed by atoms with Crippen LogP contribution in [0.15, 0.2) is 47.1 Å². The smallest absolute Gasteiger partial charge is 0.310 e. The molecule has 8 nitrogen and oxygen atoms in total. The number of methoxy groups -OCH3 is 2. The molecule has 0 aliphatic rings. The number of benzene rings is 2. The fraction of sp³-hybridized carbons (Fsp3) is 0.238. The molecular formula is C21H21NO7. The third kappa shape index (κ3) is 4.98. The molecule has 0 aliphatic heterocycles. The number of fused-ring (bicyclic) bond motifs is 1. The van der Waals surface area contributed by atoms with Crippen molar-refractivity contribution >= 4 is 22.8 Å². The fourth-order valence-corrected chi connectivity index (χ4v) is 2.80. The number of esters is 1. The maximum Gasteiger partial charge on any atom is 0.310 e. The molecule has 0 saturated heterocycles. The first-order valence-corrected chi connectivity index (χ1v) is 8.82. The number of carbonyl (C=O) groups excluding carboxylic acids is 2. The van der Waals surface area contributed by atoms with E-state index in [-0.39, 0.29) is 25.3 Å². The van der Waals surface area contributed by atoms with Crippen LogP contribution in [0.3, 0.4) is 0 Å². The van der Waals surface area contributed by atoms with Crippen molar-refractivity contribution in [3.8, 4) is 17.2 Å². The van der Waals surface area contributed by atoms with E-state index in [1.165, 1.54) is 25.5 Å². The quantitative estimate of drug-likeness (QED) is 0.561. The summed E-state index contributed by atoms with van der Waals surface area (Å²) in [5.74, 6) is 0.258. The molecule has 1 aromatic heterocycles. The van der Waals surface area contributed by atoms with Crippen LogP contribution in [-0.2, 0) is 27.3 Å². The second-order valence-electron chi connectivity index (χ2n) is 6.24. The van der Waals surface area contributed by atoms with Gasteiger partial charge in [-0.05, 0) is 29.8 Å². The zero-order valence-corrected chi connectivity index (χ0v) is 16.1. The number of amides is 1. The number of hydrogen-bond acceptors (Lipinski definition) is 7. The number of aromatic hydroxyl groups is 1. The van der Waals surface area contributed by atoms with Gasteiger partial charge in [-0.1, -0.05) is 6.07 Å². The molecule has 0 bridgehead atoms. The Morgan fingerprint density at radius 2 is 1.86 bits per heavy atom. The van der Waals surface area contributed by atoms with Crippen LogP contribution < -0.4 is 14.8 Å². The van der Waals surface area contributed by atoms with Gasteiger partial charge in [-0.25, -0.2) is 0 Å². The Hall–Kier alpha value is -3.68. The SMILES string of the molecule is COc1ccc(CNC(=O)COC(=O)Cc2coc3cc(O)ccc23)cc1OC. The van der Waals surface area contributed by atoms with E-state index in [0.29, 0.717) is 28.0 Å². The van der Waals surface area contributed by atoms with Crippen LogP contribution in [0.5, 0.6) is 17.2 Å². The first-order chi connectivity index (χ1) is 14.0. The van der Waals surface area contributed by atoms with Gasteiger partial charge in [0.25, 0.3) is 5.91 Å². The minimum absolute atomic E-state index is 0.0409. The van der Waals surface area contributed by atoms with Gasteiger partial charge in [0.1, 0.15) is 11.3 Å². The molecule has 1 amide bonds. The maximum atomic E-state index is 12.0. The number of rotatable bonds is 8. The lowest BCUT2D eigenvalue weighted by atomic mass is 10.1. The van der Waals surface area contributed by atoms with Crippen LogP contribution in [0.4, 0.5) is 0 Å². The summed E-state index contributed by atoms with van der Waals surface area (Å²) < 4.78 is 20.7. The lowest BCUT2D eigenvalue weighted by Gasteiger charge is -2.10. The van der Waals surface area contributed by atoms with Gasteiger partial charge in [0, 0.05) is 23.6 Å². The molecule has 152 valence electrons. The average molecular weight is 399 g/mol. The second-order valence-corrected chi connectivity index (χ2v) is 6.24. The molecule has 1 heterocycles. The molecule has 0 saturated carbocycles. The number of hydrogen-bond donors (Lipinski definition) is 2. The third-order valence-electron chi connectivity index (χ3n) is 4.28. The van der Waals surface area contributed by atoms with Crippen LogP contribution in [0.25, 0.3) is 11.0 Å². The highest BCUT2D eigenvalue weighted by atomic mass is 16.5. The summed E-state index contributed by atoms with van der Waals surface area (Å²) in [7, 11) is 3.08. The molecule has 29 heavy (non-hydrogen) atoms. The number of furan rings is 1. The van der Waals surface area contributed by atoms with Crippen LogP contribution in [0.1, 0.15) is 11.1 Å². The number of phenolic OH excluding ortho intramolecular Hbond substituents is 1. The van der Waals surface area contributed by atoms with Gasteiger partial charge < -0.3 is 29.1 Å². The Morgan fingerprint density at radius 3 is 2.62 bits per heavy atom. The topological polar surface area (TPSA) is 107 Å². The van der Waals surface area contributed by atoms with E-state index in [4.69, 9.17) is 18.6 Å². The van der Waals surface area contributed by atoms with Crippen molar-refractivity contribution < 1.29 is 33.3 Å². The summed E-state index contributed by atoms with van der Waals surface area (Å²) >= 11 is 0. The summed E-state index contributed by atoms with van der Waals surface area (Å²) in [5.41, 5.74) is 1.91. The second kappa shape index (κ2) is 9.01. The molecule has 2 aromatic carbocycles. The fourth-order valence-electron chi connectivity index (χ4n) is 2.80. The Balaban J connectivity index is 1.48. The summed E-state index contributed by atoms with van der Waals surface area (Å²) in [6, 6.07) is 9.93. The van der Waals surface area contributed by atoms with E-state index in [1.54, 1.807) is 31.4 Å². The van der Waals surface area contributed by atoms with Crippen molar-refractivity contribution in [3.05, 3.63) is 53.8 Å². The van der Waals surface area contributed by atoms with E-state index in [0.717, 1.165) is 5.56 Å². The number of nitrogens with one attached hydrogen (secondary N) is 1. The summed E-state index contributed by atoms with van der Waals surface area (Å²) in [6.45, 7) is -0.130. The van der Waals surface area contributed by atoms with E-state index < -0.39 is 11.9 Å². The van der Waals surface area contributed by atoms with Gasteiger partial charge in [-0.2, -0.15) is 0 Å². The first kappa shape index (κ1) is 20.1. The molecule has 0 unspecified atom stereocenters. The zero-order chi connectivity index (χ0) is 20.8. The van der Waals surface area contributed by atoms with Crippen LogP contribution >= 0.6 is 0 Å². The molecule has 0 spiro atoms. The Bertz CT molecular complexity index is 1030. The van der Waals surface area contributed by atoms with Crippen molar-refractivity contribution in [2.24, 2.45) is 0 Å². The van der Waals surface area contributed by atoms with Crippen molar-refractivity contribution in [3.63, 3.8) is 0 Å². The average Bonchev–Trinajstić information content (AvgIpc) is 3.11. The highest BCUT2D eigenvalue weighted by Gasteiger charge is 2.13. The maximum absolute atomic E-state index is 12.0. The predicted octanol–water partition coefficient (Wildman–Crippen LogP) is 2.56. The van der Waals surface area contributed by atoms with Crippen molar-refractivity contribution in [2.75, 3.05) is 20.8 Å². The molecule has 3 rings (SSSR count). The molecule has 0 radical (unpaired) electrons. The predicted molar refractivity (Wildman–Crippen MR) is 104 cm³/mol. The van der Waals surface area contributed by atoms with Crippen LogP contribution in [0, 0.1) is 0 Å². The summed E-state index contributed by atoms with van der Waals surface area (Å²) in [6.07, 6.45) is 1.39. The number of phenols is 1. The van der Waals surface area contributed by atoms with E-state index in [9.17, 15) is 14.7 Å². The molecule has 0 atom stereocenters. The molecule has 8 heteroatoms. The number of ether oxygens (including phenoxy) is 3. The van der Waals surface area contributed by atoms with Crippen molar-refractivity contribution in [1.29, 1.82) is 0 Å². The van der Waals surface area contributed by atoms with Gasteiger partial charge in [0.2, 0.25) is 0 Å². The van der Waals surface area contributed by atoms with Crippen LogP contribution in [-0.4, -0.2) is 37.8 Å². The third-order valence-corrected chi connectivity index (χ3v) is 4.28. The molecule has 0 aliphatic carbocycles. The zero-order valence-electron chi connectivity index (χ0n) is 16.1. The van der Waals surface area contributed by atoms with Gasteiger partial charge in [-0.3, -0.25) is 9.59 Å². The van der Waals surface area contributed by atoms with Crippen LogP contribution in [0.2, 0.25) is 0 Å². The molecule has 2 N–H and O–H groups in total. The van der Waals surface area contributed by atoms with Crippen molar-refractivity contribution in [2.45, 2.75) is 13.0 Å². The normalized spacial score (nSPS) is 10.6. The summed E-state index contributed by atoms with van der Waals surface area (Å²) in [5, 5.41) is 12.8. The van der Waals surface area contributed by atoms with Gasteiger partial charge in [0.15, 0.2) is 18.1 Å². The van der Waals surface area contributed by atoms with E-state index >= 15 is 0 Å². The monoisotopic (exact) mass is 399 g/mol. The summed E-state index contributed by atoms with van der Waals surface area (Å²) in [4.78, 5) is 24.0. The highest BCUT2D eigenvalue weighted by molar-refractivity contribution is 5.87. The van der Waals surface area contributed by atoms with Gasteiger partial charge >= 0.3 is 5.97 Å². The molecule has 0 fully saturated rings. The Labute approximate surface area is 167 Å². The Kier molecular flexibility index (Phi) is 6.23. The molecular weight excluding hydrogens is 378 g/mol. The van der Waals surface area contributed by atoms with E-state index in [1.807, 2.05) is 0 Å². The molecule has 3 aromatic rings.